The van der Waals surface area contributed by atoms with Gasteiger partial charge in [0.2, 0.25) is 0 Å². The second-order valence-corrected chi connectivity index (χ2v) is 6.01. The molecular weight excluding hydrogens is 276 g/mol. The molecule has 1 aromatic heterocycles. The summed E-state index contributed by atoms with van der Waals surface area (Å²) in [7, 11) is -3.73. The smallest absolute Gasteiger partial charge is 0.267 e. The Balaban J connectivity index is 2.47. The fourth-order valence-corrected chi connectivity index (χ4v) is 3.44. The molecule has 0 aliphatic rings. The lowest BCUT2D eigenvalue weighted by molar-refractivity contribution is 0.590. The molecule has 0 aliphatic carbocycles. The summed E-state index contributed by atoms with van der Waals surface area (Å²) in [6.07, 6.45) is 1.40. The summed E-state index contributed by atoms with van der Waals surface area (Å²) >= 11 is 0. The van der Waals surface area contributed by atoms with Gasteiger partial charge in [0, 0.05) is 6.54 Å². The number of para-hydroxylation sites is 1. The highest BCUT2D eigenvalue weighted by molar-refractivity contribution is 7.92. The SMILES string of the molecule is Cc1[nH]ncc1S(=O)(=O)N(CCC#N)c1ccccc1. The van der Waals surface area contributed by atoms with Crippen molar-refractivity contribution in [1.29, 1.82) is 5.26 Å². The van der Waals surface area contributed by atoms with Crippen LogP contribution in [0, 0.1) is 18.3 Å². The van der Waals surface area contributed by atoms with Gasteiger partial charge in [-0.1, -0.05) is 18.2 Å². The van der Waals surface area contributed by atoms with Crippen LogP contribution in [0.2, 0.25) is 0 Å². The molecule has 1 heterocycles. The van der Waals surface area contributed by atoms with Crippen molar-refractivity contribution in [3.8, 4) is 6.07 Å². The minimum absolute atomic E-state index is 0.105. The number of nitrogens with zero attached hydrogens (tertiary/aromatic N) is 3. The van der Waals surface area contributed by atoms with Crippen molar-refractivity contribution in [3.63, 3.8) is 0 Å². The van der Waals surface area contributed by atoms with E-state index in [0.29, 0.717) is 11.4 Å². The van der Waals surface area contributed by atoms with Gasteiger partial charge in [0.05, 0.1) is 30.1 Å². The Labute approximate surface area is 117 Å². The molecule has 0 fully saturated rings. The molecule has 0 atom stereocenters. The topological polar surface area (TPSA) is 89.8 Å². The van der Waals surface area contributed by atoms with E-state index in [9.17, 15) is 8.42 Å². The van der Waals surface area contributed by atoms with Gasteiger partial charge in [-0.05, 0) is 19.1 Å². The Morgan fingerprint density at radius 1 is 1.35 bits per heavy atom. The molecule has 7 heteroatoms. The third-order valence-corrected chi connectivity index (χ3v) is 4.76. The van der Waals surface area contributed by atoms with Gasteiger partial charge in [0.1, 0.15) is 4.90 Å². The standard InChI is InChI=1S/C13H14N4O2S/c1-11-13(10-15-16-11)20(18,19)17(9-5-8-14)12-6-3-2-4-7-12/h2-4,6-7,10H,5,9H2,1H3,(H,15,16). The minimum Gasteiger partial charge on any atom is -0.281 e. The Hall–Kier alpha value is -2.33. The number of benzene rings is 1. The summed E-state index contributed by atoms with van der Waals surface area (Å²) in [6.45, 7) is 1.75. The number of nitriles is 1. The van der Waals surface area contributed by atoms with Crippen molar-refractivity contribution in [3.05, 3.63) is 42.2 Å². The van der Waals surface area contributed by atoms with E-state index >= 15 is 0 Å². The normalized spacial score (nSPS) is 11.0. The van der Waals surface area contributed by atoms with Crippen molar-refractivity contribution in [2.45, 2.75) is 18.2 Å². The second-order valence-electron chi connectivity index (χ2n) is 4.18. The molecule has 0 saturated heterocycles. The summed E-state index contributed by atoms with van der Waals surface area (Å²) in [5, 5.41) is 15.1. The number of anilines is 1. The Kier molecular flexibility index (Phi) is 4.05. The number of H-pyrrole nitrogens is 1. The Bertz CT molecular complexity index is 716. The first-order valence-electron chi connectivity index (χ1n) is 6.02. The number of aromatic nitrogens is 2. The third-order valence-electron chi connectivity index (χ3n) is 2.82. The summed E-state index contributed by atoms with van der Waals surface area (Å²) in [4.78, 5) is 0.124. The lowest BCUT2D eigenvalue weighted by Crippen LogP contribution is -2.32. The van der Waals surface area contributed by atoms with E-state index in [1.54, 1.807) is 31.2 Å². The molecule has 0 amide bonds. The number of sulfonamides is 1. The average Bonchev–Trinajstić information content (AvgIpc) is 2.87. The highest BCUT2D eigenvalue weighted by atomic mass is 32.2. The summed E-state index contributed by atoms with van der Waals surface area (Å²) in [5.41, 5.74) is 1.01. The monoisotopic (exact) mass is 290 g/mol. The maximum atomic E-state index is 12.7. The molecule has 1 N–H and O–H groups in total. The highest BCUT2D eigenvalue weighted by Gasteiger charge is 2.27. The van der Waals surface area contributed by atoms with E-state index in [0.717, 1.165) is 0 Å². The van der Waals surface area contributed by atoms with Crippen LogP contribution in [0.5, 0.6) is 0 Å². The zero-order valence-corrected chi connectivity index (χ0v) is 11.8. The van der Waals surface area contributed by atoms with Crippen molar-refractivity contribution < 1.29 is 8.42 Å². The van der Waals surface area contributed by atoms with E-state index in [1.165, 1.54) is 10.5 Å². The van der Waals surface area contributed by atoms with Crippen LogP contribution in [-0.4, -0.2) is 25.2 Å². The minimum atomic E-state index is -3.73. The number of nitrogens with one attached hydrogen (secondary N) is 1. The molecule has 0 saturated carbocycles. The first-order valence-corrected chi connectivity index (χ1v) is 7.46. The fourth-order valence-electron chi connectivity index (χ4n) is 1.85. The predicted octanol–water partition coefficient (Wildman–Crippen LogP) is 1.83. The maximum absolute atomic E-state index is 12.7. The average molecular weight is 290 g/mol. The van der Waals surface area contributed by atoms with Crippen LogP contribution in [0.1, 0.15) is 12.1 Å². The van der Waals surface area contributed by atoms with Crippen molar-refractivity contribution in [2.75, 3.05) is 10.8 Å². The molecule has 0 unspecified atom stereocenters. The van der Waals surface area contributed by atoms with Gasteiger partial charge in [0.15, 0.2) is 0 Å². The summed E-state index contributed by atoms with van der Waals surface area (Å²) in [5.74, 6) is 0. The highest BCUT2D eigenvalue weighted by Crippen LogP contribution is 2.24. The molecule has 1 aromatic carbocycles. The van der Waals surface area contributed by atoms with Crippen LogP contribution in [0.15, 0.2) is 41.4 Å². The van der Waals surface area contributed by atoms with Crippen molar-refractivity contribution in [2.24, 2.45) is 0 Å². The van der Waals surface area contributed by atoms with E-state index in [1.807, 2.05) is 12.1 Å². The van der Waals surface area contributed by atoms with Crippen LogP contribution in [0.3, 0.4) is 0 Å². The first-order chi connectivity index (χ1) is 9.57. The van der Waals surface area contributed by atoms with Gasteiger partial charge in [0.25, 0.3) is 10.0 Å². The predicted molar refractivity (Wildman–Crippen MR) is 74.5 cm³/mol. The van der Waals surface area contributed by atoms with Gasteiger partial charge < -0.3 is 0 Å². The van der Waals surface area contributed by atoms with E-state index in [4.69, 9.17) is 5.26 Å². The lowest BCUT2D eigenvalue weighted by Gasteiger charge is -2.23. The van der Waals surface area contributed by atoms with Crippen LogP contribution in [0.4, 0.5) is 5.69 Å². The molecule has 6 nitrogen and oxygen atoms in total. The van der Waals surface area contributed by atoms with E-state index < -0.39 is 10.0 Å². The zero-order valence-electron chi connectivity index (χ0n) is 10.9. The number of hydrogen-bond donors (Lipinski definition) is 1. The number of rotatable bonds is 5. The molecule has 2 aromatic rings. The fraction of sp³-hybridized carbons (Fsp3) is 0.231. The third kappa shape index (κ3) is 2.65. The maximum Gasteiger partial charge on any atom is 0.267 e. The molecule has 0 bridgehead atoms. The number of aryl methyl sites for hydroxylation is 1. The Morgan fingerprint density at radius 3 is 2.60 bits per heavy atom. The molecule has 0 spiro atoms. The van der Waals surface area contributed by atoms with Crippen LogP contribution in [-0.2, 0) is 10.0 Å². The van der Waals surface area contributed by atoms with Gasteiger partial charge in [-0.2, -0.15) is 10.4 Å². The van der Waals surface area contributed by atoms with Gasteiger partial charge >= 0.3 is 0 Å². The molecule has 104 valence electrons. The van der Waals surface area contributed by atoms with Gasteiger partial charge in [-0.25, -0.2) is 8.42 Å². The number of aromatic amines is 1. The molecular formula is C13H14N4O2S. The lowest BCUT2D eigenvalue weighted by atomic mass is 10.3. The van der Waals surface area contributed by atoms with Crippen LogP contribution in [0.25, 0.3) is 0 Å². The van der Waals surface area contributed by atoms with E-state index in [-0.39, 0.29) is 17.9 Å². The number of hydrogen-bond acceptors (Lipinski definition) is 4. The van der Waals surface area contributed by atoms with Gasteiger partial charge in [-0.15, -0.1) is 0 Å². The largest absolute Gasteiger partial charge is 0.281 e. The van der Waals surface area contributed by atoms with Gasteiger partial charge in [-0.3, -0.25) is 9.40 Å². The molecule has 0 radical (unpaired) electrons. The molecule has 20 heavy (non-hydrogen) atoms. The quantitative estimate of drug-likeness (QED) is 0.909. The summed E-state index contributed by atoms with van der Waals surface area (Å²) in [6, 6.07) is 10.7. The first kappa shape index (κ1) is 14.1. The Morgan fingerprint density at radius 2 is 2.05 bits per heavy atom. The zero-order chi connectivity index (χ0) is 14.6. The van der Waals surface area contributed by atoms with Crippen molar-refractivity contribution in [1.82, 2.24) is 10.2 Å². The summed E-state index contributed by atoms with van der Waals surface area (Å²) < 4.78 is 26.6. The molecule has 2 rings (SSSR count). The second kappa shape index (κ2) is 5.75. The van der Waals surface area contributed by atoms with E-state index in [2.05, 4.69) is 10.2 Å². The molecule has 0 aliphatic heterocycles. The van der Waals surface area contributed by atoms with Crippen LogP contribution >= 0.6 is 0 Å². The van der Waals surface area contributed by atoms with Crippen LogP contribution < -0.4 is 4.31 Å². The van der Waals surface area contributed by atoms with Crippen molar-refractivity contribution >= 4 is 15.7 Å².